The lowest BCUT2D eigenvalue weighted by Crippen LogP contribution is -2.34. The third-order valence-corrected chi connectivity index (χ3v) is 4.09. The van der Waals surface area contributed by atoms with E-state index in [4.69, 9.17) is 11.6 Å². The van der Waals surface area contributed by atoms with Crippen LogP contribution < -0.4 is 10.6 Å². The van der Waals surface area contributed by atoms with Gasteiger partial charge in [0, 0.05) is 11.4 Å². The van der Waals surface area contributed by atoms with Crippen molar-refractivity contribution in [2.24, 2.45) is 11.8 Å². The average Bonchev–Trinajstić information content (AvgIpc) is 2.43. The van der Waals surface area contributed by atoms with Gasteiger partial charge in [-0.3, -0.25) is 4.79 Å². The van der Waals surface area contributed by atoms with E-state index in [9.17, 15) is 9.18 Å². The number of rotatable bonds is 4. The van der Waals surface area contributed by atoms with E-state index in [1.54, 1.807) is 6.07 Å². The summed E-state index contributed by atoms with van der Waals surface area (Å²) in [6, 6.07) is 4.25. The van der Waals surface area contributed by atoms with Crippen molar-refractivity contribution in [3.63, 3.8) is 0 Å². The maximum Gasteiger partial charge on any atom is 0.224 e. The fraction of sp³-hybridized carbons (Fsp3) is 0.533. The van der Waals surface area contributed by atoms with Crippen molar-refractivity contribution in [3.8, 4) is 0 Å². The first-order valence-corrected chi connectivity index (χ1v) is 7.39. The summed E-state index contributed by atoms with van der Waals surface area (Å²) in [7, 11) is 0. The first kappa shape index (κ1) is 15.3. The van der Waals surface area contributed by atoms with E-state index in [-0.39, 0.29) is 17.5 Å². The molecule has 2 rings (SSSR count). The maximum absolute atomic E-state index is 13.6. The van der Waals surface area contributed by atoms with Crippen molar-refractivity contribution in [1.82, 2.24) is 5.32 Å². The van der Waals surface area contributed by atoms with Gasteiger partial charge in [-0.05, 0) is 56.0 Å². The molecule has 2 unspecified atom stereocenters. The van der Waals surface area contributed by atoms with Gasteiger partial charge < -0.3 is 10.6 Å². The standard InChI is InChI=1S/C15H20ClFN2O/c1-10(11-3-2-6-18-9-11)7-15(20)19-14-5-4-12(16)8-13(14)17/h4-5,8,10-11,18H,2-3,6-7,9H2,1H3,(H,19,20). The van der Waals surface area contributed by atoms with Crippen LogP contribution >= 0.6 is 11.6 Å². The highest BCUT2D eigenvalue weighted by molar-refractivity contribution is 6.30. The summed E-state index contributed by atoms with van der Waals surface area (Å²) in [6.07, 6.45) is 2.72. The molecule has 1 aromatic rings. The molecule has 0 saturated carbocycles. The van der Waals surface area contributed by atoms with E-state index in [1.165, 1.54) is 12.1 Å². The molecule has 2 N–H and O–H groups in total. The van der Waals surface area contributed by atoms with Crippen LogP contribution in [0.1, 0.15) is 26.2 Å². The number of hydrogen-bond acceptors (Lipinski definition) is 2. The molecule has 0 radical (unpaired) electrons. The van der Waals surface area contributed by atoms with Crippen LogP contribution in [0.3, 0.4) is 0 Å². The molecule has 0 aliphatic carbocycles. The van der Waals surface area contributed by atoms with Crippen LogP contribution in [-0.2, 0) is 4.79 Å². The lowest BCUT2D eigenvalue weighted by atomic mass is 9.85. The number of piperidine rings is 1. The summed E-state index contributed by atoms with van der Waals surface area (Å²) < 4.78 is 13.6. The maximum atomic E-state index is 13.6. The van der Waals surface area contributed by atoms with Gasteiger partial charge in [0.15, 0.2) is 0 Å². The van der Waals surface area contributed by atoms with Crippen LogP contribution in [0.25, 0.3) is 0 Å². The van der Waals surface area contributed by atoms with E-state index in [2.05, 4.69) is 17.6 Å². The van der Waals surface area contributed by atoms with Crippen LogP contribution in [0.5, 0.6) is 0 Å². The van der Waals surface area contributed by atoms with E-state index < -0.39 is 5.82 Å². The smallest absolute Gasteiger partial charge is 0.224 e. The van der Waals surface area contributed by atoms with Crippen LogP contribution in [0.2, 0.25) is 5.02 Å². The zero-order valence-corrected chi connectivity index (χ0v) is 12.3. The SMILES string of the molecule is CC(CC(=O)Nc1ccc(Cl)cc1F)C1CCCNC1. The minimum atomic E-state index is -0.502. The van der Waals surface area contributed by atoms with Gasteiger partial charge in [0.2, 0.25) is 5.91 Å². The number of carbonyl (C=O) groups excluding carboxylic acids is 1. The van der Waals surface area contributed by atoms with Gasteiger partial charge in [-0.1, -0.05) is 18.5 Å². The highest BCUT2D eigenvalue weighted by atomic mass is 35.5. The van der Waals surface area contributed by atoms with Gasteiger partial charge in [-0.25, -0.2) is 4.39 Å². The summed E-state index contributed by atoms with van der Waals surface area (Å²) in [5, 5.41) is 6.28. The Balaban J connectivity index is 1.88. The quantitative estimate of drug-likeness (QED) is 0.894. The molecule has 1 aliphatic rings. The van der Waals surface area contributed by atoms with Gasteiger partial charge in [-0.15, -0.1) is 0 Å². The van der Waals surface area contributed by atoms with Gasteiger partial charge in [0.05, 0.1) is 5.69 Å². The summed E-state index contributed by atoms with van der Waals surface area (Å²) in [6.45, 7) is 4.10. The second kappa shape index (κ2) is 7.04. The lowest BCUT2D eigenvalue weighted by molar-refractivity contribution is -0.117. The number of benzene rings is 1. The minimum absolute atomic E-state index is 0.149. The molecule has 1 aliphatic heterocycles. The Hall–Kier alpha value is -1.13. The molecule has 0 spiro atoms. The van der Waals surface area contributed by atoms with E-state index >= 15 is 0 Å². The van der Waals surface area contributed by atoms with Crippen molar-refractivity contribution in [2.45, 2.75) is 26.2 Å². The van der Waals surface area contributed by atoms with Gasteiger partial charge in [0.25, 0.3) is 0 Å². The molecule has 2 atom stereocenters. The third-order valence-electron chi connectivity index (χ3n) is 3.85. The fourth-order valence-corrected chi connectivity index (χ4v) is 2.77. The minimum Gasteiger partial charge on any atom is -0.324 e. The van der Waals surface area contributed by atoms with Gasteiger partial charge in [0.1, 0.15) is 5.82 Å². The predicted octanol–water partition coefficient (Wildman–Crippen LogP) is 3.44. The molecule has 1 saturated heterocycles. The van der Waals surface area contributed by atoms with Crippen molar-refractivity contribution < 1.29 is 9.18 Å². The zero-order chi connectivity index (χ0) is 14.5. The van der Waals surface area contributed by atoms with Gasteiger partial charge >= 0.3 is 0 Å². The molecule has 1 fully saturated rings. The average molecular weight is 299 g/mol. The Morgan fingerprint density at radius 2 is 2.40 bits per heavy atom. The van der Waals surface area contributed by atoms with E-state index in [0.29, 0.717) is 17.4 Å². The number of halogens is 2. The Morgan fingerprint density at radius 1 is 1.60 bits per heavy atom. The molecule has 1 heterocycles. The Kier molecular flexibility index (Phi) is 5.38. The molecule has 1 amide bonds. The Bertz CT molecular complexity index is 475. The normalized spacial score (nSPS) is 20.4. The highest BCUT2D eigenvalue weighted by Gasteiger charge is 2.22. The lowest BCUT2D eigenvalue weighted by Gasteiger charge is -2.28. The largest absolute Gasteiger partial charge is 0.324 e. The second-order valence-corrected chi connectivity index (χ2v) is 5.90. The van der Waals surface area contributed by atoms with E-state index in [1.807, 2.05) is 0 Å². The highest BCUT2D eigenvalue weighted by Crippen LogP contribution is 2.24. The molecule has 110 valence electrons. The monoisotopic (exact) mass is 298 g/mol. The Morgan fingerprint density at radius 3 is 3.05 bits per heavy atom. The number of amides is 1. The molecule has 3 nitrogen and oxygen atoms in total. The summed E-state index contributed by atoms with van der Waals surface area (Å²) >= 11 is 5.68. The first-order valence-electron chi connectivity index (χ1n) is 7.02. The summed E-state index contributed by atoms with van der Waals surface area (Å²) in [5.41, 5.74) is 0.188. The zero-order valence-electron chi connectivity index (χ0n) is 11.6. The van der Waals surface area contributed by atoms with Crippen molar-refractivity contribution in [3.05, 3.63) is 29.0 Å². The van der Waals surface area contributed by atoms with Crippen LogP contribution in [-0.4, -0.2) is 19.0 Å². The third kappa shape index (κ3) is 4.18. The van der Waals surface area contributed by atoms with Crippen molar-refractivity contribution in [1.29, 1.82) is 0 Å². The number of anilines is 1. The molecule has 1 aromatic carbocycles. The summed E-state index contributed by atoms with van der Waals surface area (Å²) in [5.74, 6) is 0.157. The molecule has 0 bridgehead atoms. The molecule has 0 aromatic heterocycles. The number of nitrogens with one attached hydrogen (secondary N) is 2. The molecular formula is C15H20ClFN2O. The van der Waals surface area contributed by atoms with Crippen LogP contribution in [0.15, 0.2) is 18.2 Å². The van der Waals surface area contributed by atoms with Gasteiger partial charge in [-0.2, -0.15) is 0 Å². The predicted molar refractivity (Wildman–Crippen MR) is 79.4 cm³/mol. The second-order valence-electron chi connectivity index (χ2n) is 5.46. The van der Waals surface area contributed by atoms with Crippen LogP contribution in [0.4, 0.5) is 10.1 Å². The fourth-order valence-electron chi connectivity index (χ4n) is 2.62. The Labute approximate surface area is 123 Å². The summed E-state index contributed by atoms with van der Waals surface area (Å²) in [4.78, 5) is 12.0. The first-order chi connectivity index (χ1) is 9.56. The van der Waals surface area contributed by atoms with Crippen molar-refractivity contribution in [2.75, 3.05) is 18.4 Å². The van der Waals surface area contributed by atoms with E-state index in [0.717, 1.165) is 25.9 Å². The molecular weight excluding hydrogens is 279 g/mol. The van der Waals surface area contributed by atoms with Crippen molar-refractivity contribution >= 4 is 23.2 Å². The molecule has 20 heavy (non-hydrogen) atoms. The number of hydrogen-bond donors (Lipinski definition) is 2. The van der Waals surface area contributed by atoms with Crippen LogP contribution in [0, 0.1) is 17.7 Å². The number of carbonyl (C=O) groups is 1. The topological polar surface area (TPSA) is 41.1 Å². The molecule has 5 heteroatoms.